The van der Waals surface area contributed by atoms with Gasteiger partial charge in [0.1, 0.15) is 11.6 Å². The second-order valence-electron chi connectivity index (χ2n) is 4.73. The molecular formula is C14H17BrFN3. The highest BCUT2D eigenvalue weighted by Gasteiger charge is 2.08. The largest absolute Gasteiger partial charge is 0.342 e. The fraction of sp³-hybridized carbons (Fsp3) is 0.357. The quantitative estimate of drug-likeness (QED) is 0.883. The molecule has 2 N–H and O–H groups in total. The van der Waals surface area contributed by atoms with Gasteiger partial charge in [0.15, 0.2) is 0 Å². The third-order valence-corrected chi connectivity index (χ3v) is 3.42. The van der Waals surface area contributed by atoms with E-state index in [4.69, 9.17) is 0 Å². The Morgan fingerprint density at radius 1 is 1.42 bits per heavy atom. The fourth-order valence-electron chi connectivity index (χ4n) is 1.81. The minimum absolute atomic E-state index is 0.253. The molecule has 0 radical (unpaired) electrons. The van der Waals surface area contributed by atoms with Gasteiger partial charge in [-0.25, -0.2) is 9.37 Å². The molecular weight excluding hydrogens is 309 g/mol. The van der Waals surface area contributed by atoms with Crippen molar-refractivity contribution in [1.82, 2.24) is 15.3 Å². The minimum atomic E-state index is -0.253. The lowest BCUT2D eigenvalue weighted by molar-refractivity contribution is 0.584. The first-order valence-electron chi connectivity index (χ1n) is 6.29. The maximum absolute atomic E-state index is 13.0. The number of imidazole rings is 1. The van der Waals surface area contributed by atoms with Gasteiger partial charge in [0.2, 0.25) is 0 Å². The molecule has 102 valence electrons. The Hall–Kier alpha value is -1.20. The highest BCUT2D eigenvalue weighted by atomic mass is 79.9. The molecule has 0 fully saturated rings. The summed E-state index contributed by atoms with van der Waals surface area (Å²) in [7, 11) is 0. The van der Waals surface area contributed by atoms with Gasteiger partial charge in [0, 0.05) is 29.0 Å². The van der Waals surface area contributed by atoms with Gasteiger partial charge in [-0.15, -0.1) is 0 Å². The number of hydrogen-bond acceptors (Lipinski definition) is 2. The molecule has 5 heteroatoms. The summed E-state index contributed by atoms with van der Waals surface area (Å²) >= 11 is 3.36. The summed E-state index contributed by atoms with van der Waals surface area (Å²) in [6.45, 7) is 5.11. The number of aromatic nitrogens is 2. The van der Waals surface area contributed by atoms with Crippen LogP contribution >= 0.6 is 15.9 Å². The van der Waals surface area contributed by atoms with Crippen molar-refractivity contribution in [2.45, 2.75) is 26.3 Å². The molecule has 0 saturated heterocycles. The lowest BCUT2D eigenvalue weighted by atomic mass is 10.2. The maximum Gasteiger partial charge on any atom is 0.124 e. The number of nitrogens with one attached hydrogen (secondary N) is 2. The van der Waals surface area contributed by atoms with Crippen LogP contribution in [-0.4, -0.2) is 22.6 Å². The molecule has 3 nitrogen and oxygen atoms in total. The van der Waals surface area contributed by atoms with Crippen molar-refractivity contribution in [1.29, 1.82) is 0 Å². The van der Waals surface area contributed by atoms with Gasteiger partial charge in [-0.2, -0.15) is 0 Å². The molecule has 0 aliphatic heterocycles. The smallest absolute Gasteiger partial charge is 0.124 e. The summed E-state index contributed by atoms with van der Waals surface area (Å²) in [5.74, 6) is 0.677. The van der Waals surface area contributed by atoms with E-state index >= 15 is 0 Å². The molecule has 1 aromatic heterocycles. The van der Waals surface area contributed by atoms with Crippen molar-refractivity contribution in [2.75, 3.05) is 6.54 Å². The van der Waals surface area contributed by atoms with Gasteiger partial charge in [-0.3, -0.25) is 0 Å². The summed E-state index contributed by atoms with van der Waals surface area (Å²) in [5.41, 5.74) is 1.81. The van der Waals surface area contributed by atoms with Crippen LogP contribution in [0.4, 0.5) is 4.39 Å². The van der Waals surface area contributed by atoms with Gasteiger partial charge >= 0.3 is 0 Å². The van der Waals surface area contributed by atoms with E-state index in [0.717, 1.165) is 34.5 Å². The lowest BCUT2D eigenvalue weighted by Gasteiger charge is -2.06. The second kappa shape index (κ2) is 6.30. The maximum atomic E-state index is 13.0. The molecule has 1 aromatic carbocycles. The summed E-state index contributed by atoms with van der Waals surface area (Å²) < 4.78 is 13.8. The zero-order chi connectivity index (χ0) is 13.8. The van der Waals surface area contributed by atoms with E-state index < -0.39 is 0 Å². The van der Waals surface area contributed by atoms with Crippen LogP contribution in [0.25, 0.3) is 11.3 Å². The molecule has 2 aromatic rings. The predicted molar refractivity (Wildman–Crippen MR) is 78.5 cm³/mol. The highest BCUT2D eigenvalue weighted by molar-refractivity contribution is 9.10. The van der Waals surface area contributed by atoms with Crippen LogP contribution in [0.5, 0.6) is 0 Å². The first-order valence-corrected chi connectivity index (χ1v) is 7.08. The van der Waals surface area contributed by atoms with E-state index in [1.54, 1.807) is 12.3 Å². The Bertz CT molecular complexity index is 551. The number of hydrogen-bond donors (Lipinski definition) is 2. The average molecular weight is 326 g/mol. The van der Waals surface area contributed by atoms with Crippen molar-refractivity contribution in [3.05, 3.63) is 40.5 Å². The van der Waals surface area contributed by atoms with Gasteiger partial charge in [0.25, 0.3) is 0 Å². The molecule has 0 saturated carbocycles. The monoisotopic (exact) mass is 325 g/mol. The molecule has 0 spiro atoms. The molecule has 0 unspecified atom stereocenters. The fourth-order valence-corrected chi connectivity index (χ4v) is 2.38. The van der Waals surface area contributed by atoms with E-state index in [9.17, 15) is 4.39 Å². The molecule has 1 heterocycles. The van der Waals surface area contributed by atoms with E-state index in [0.29, 0.717) is 6.04 Å². The van der Waals surface area contributed by atoms with Crippen LogP contribution in [0.3, 0.4) is 0 Å². The molecule has 0 amide bonds. The zero-order valence-corrected chi connectivity index (χ0v) is 12.6. The predicted octanol–water partition coefficient (Wildman–Crippen LogP) is 3.52. The molecule has 0 aliphatic rings. The Kier molecular flexibility index (Phi) is 4.71. The lowest BCUT2D eigenvalue weighted by Crippen LogP contribution is -2.25. The van der Waals surface area contributed by atoms with E-state index in [-0.39, 0.29) is 5.82 Å². The van der Waals surface area contributed by atoms with Crippen LogP contribution in [-0.2, 0) is 6.42 Å². The van der Waals surface area contributed by atoms with Crippen LogP contribution in [0.15, 0.2) is 28.9 Å². The number of aromatic amines is 1. The van der Waals surface area contributed by atoms with Crippen molar-refractivity contribution >= 4 is 15.9 Å². The zero-order valence-electron chi connectivity index (χ0n) is 11.0. The molecule has 19 heavy (non-hydrogen) atoms. The van der Waals surface area contributed by atoms with Crippen LogP contribution in [0, 0.1) is 5.82 Å². The summed E-state index contributed by atoms with van der Waals surface area (Å²) in [6, 6.07) is 5.11. The van der Waals surface area contributed by atoms with Gasteiger partial charge in [-0.1, -0.05) is 13.8 Å². The van der Waals surface area contributed by atoms with Crippen molar-refractivity contribution in [2.24, 2.45) is 0 Å². The first-order chi connectivity index (χ1) is 9.06. The highest BCUT2D eigenvalue weighted by Crippen LogP contribution is 2.27. The summed E-state index contributed by atoms with van der Waals surface area (Å²) in [4.78, 5) is 7.60. The Balaban J connectivity index is 2.08. The SMILES string of the molecule is CC(C)NCCc1ncc(-c2ccc(F)cc2Br)[nH]1. The number of halogens is 2. The second-order valence-corrected chi connectivity index (χ2v) is 5.58. The van der Waals surface area contributed by atoms with E-state index in [1.807, 2.05) is 0 Å². The Morgan fingerprint density at radius 3 is 2.89 bits per heavy atom. The summed E-state index contributed by atoms with van der Waals surface area (Å²) in [5, 5.41) is 3.34. The number of nitrogens with zero attached hydrogens (tertiary/aromatic N) is 1. The van der Waals surface area contributed by atoms with E-state index in [2.05, 4.69) is 45.1 Å². The number of rotatable bonds is 5. The third kappa shape index (κ3) is 3.88. The third-order valence-electron chi connectivity index (χ3n) is 2.76. The first kappa shape index (κ1) is 14.2. The minimum Gasteiger partial charge on any atom is -0.342 e. The molecule has 0 bridgehead atoms. The van der Waals surface area contributed by atoms with Crippen LogP contribution in [0.1, 0.15) is 19.7 Å². The van der Waals surface area contributed by atoms with Gasteiger partial charge in [-0.05, 0) is 34.1 Å². The summed E-state index contributed by atoms with van der Waals surface area (Å²) in [6.07, 6.45) is 2.62. The van der Waals surface area contributed by atoms with Crippen molar-refractivity contribution in [3.63, 3.8) is 0 Å². The topological polar surface area (TPSA) is 40.7 Å². The molecule has 0 aliphatic carbocycles. The van der Waals surface area contributed by atoms with E-state index in [1.165, 1.54) is 12.1 Å². The Morgan fingerprint density at radius 2 is 2.21 bits per heavy atom. The standard InChI is InChI=1S/C14H17BrFN3/c1-9(2)17-6-5-14-18-8-13(19-14)11-4-3-10(16)7-12(11)15/h3-4,7-9,17H,5-6H2,1-2H3,(H,18,19). The van der Waals surface area contributed by atoms with Crippen molar-refractivity contribution < 1.29 is 4.39 Å². The average Bonchev–Trinajstić information content (AvgIpc) is 2.77. The Labute approximate surface area is 120 Å². The van der Waals surface area contributed by atoms with Crippen molar-refractivity contribution in [3.8, 4) is 11.3 Å². The number of H-pyrrole nitrogens is 1. The van der Waals surface area contributed by atoms with Gasteiger partial charge in [0.05, 0.1) is 11.9 Å². The molecule has 2 rings (SSSR count). The number of benzene rings is 1. The van der Waals surface area contributed by atoms with Crippen LogP contribution < -0.4 is 5.32 Å². The normalized spacial score (nSPS) is 11.2. The van der Waals surface area contributed by atoms with Gasteiger partial charge < -0.3 is 10.3 Å². The van der Waals surface area contributed by atoms with Crippen LogP contribution in [0.2, 0.25) is 0 Å². The molecule has 0 atom stereocenters.